The molecule has 1 spiro atoms. The van der Waals surface area contributed by atoms with Crippen molar-refractivity contribution in [2.45, 2.75) is 58.0 Å². The van der Waals surface area contributed by atoms with E-state index in [2.05, 4.69) is 13.8 Å². The number of hydrogen-bond acceptors (Lipinski definition) is 2. The van der Waals surface area contributed by atoms with Crippen LogP contribution in [0, 0.1) is 5.41 Å². The summed E-state index contributed by atoms with van der Waals surface area (Å²) in [7, 11) is 0. The van der Waals surface area contributed by atoms with Gasteiger partial charge in [0.25, 0.3) is 0 Å². The molecule has 0 bridgehead atoms. The predicted molar refractivity (Wildman–Crippen MR) is 50.3 cm³/mol. The Morgan fingerprint density at radius 2 is 2.00 bits per heavy atom. The van der Waals surface area contributed by atoms with Crippen LogP contribution >= 0.6 is 0 Å². The van der Waals surface area contributed by atoms with Gasteiger partial charge in [0.1, 0.15) is 5.60 Å². The van der Waals surface area contributed by atoms with E-state index in [1.807, 2.05) is 0 Å². The van der Waals surface area contributed by atoms with E-state index in [9.17, 15) is 4.79 Å². The second-order valence-corrected chi connectivity index (χ2v) is 5.35. The molecule has 2 fully saturated rings. The monoisotopic (exact) mass is 182 g/mol. The van der Waals surface area contributed by atoms with Crippen LogP contribution in [0.2, 0.25) is 0 Å². The fourth-order valence-corrected chi connectivity index (χ4v) is 2.91. The molecule has 0 aromatic carbocycles. The van der Waals surface area contributed by atoms with E-state index in [0.717, 1.165) is 19.3 Å². The van der Waals surface area contributed by atoms with E-state index in [-0.39, 0.29) is 11.6 Å². The van der Waals surface area contributed by atoms with Crippen LogP contribution in [-0.4, -0.2) is 11.6 Å². The molecule has 2 rings (SSSR count). The molecule has 1 atom stereocenters. The van der Waals surface area contributed by atoms with Crippen molar-refractivity contribution in [3.63, 3.8) is 0 Å². The number of hydrogen-bond donors (Lipinski definition) is 0. The summed E-state index contributed by atoms with van der Waals surface area (Å²) < 4.78 is 5.49. The SMILES string of the molecule is CC1(C)CCCC2(CCC(=O)O2)C1. The summed E-state index contributed by atoms with van der Waals surface area (Å²) in [5, 5.41) is 0. The molecule has 1 aliphatic carbocycles. The van der Waals surface area contributed by atoms with Crippen molar-refractivity contribution in [3.05, 3.63) is 0 Å². The summed E-state index contributed by atoms with van der Waals surface area (Å²) in [4.78, 5) is 11.1. The van der Waals surface area contributed by atoms with E-state index in [1.54, 1.807) is 0 Å². The number of rotatable bonds is 0. The molecule has 2 nitrogen and oxygen atoms in total. The Kier molecular flexibility index (Phi) is 1.90. The number of ether oxygens (including phenoxy) is 1. The second kappa shape index (κ2) is 2.73. The first-order valence-electron chi connectivity index (χ1n) is 5.23. The van der Waals surface area contributed by atoms with Crippen LogP contribution in [-0.2, 0) is 9.53 Å². The van der Waals surface area contributed by atoms with Gasteiger partial charge in [-0.25, -0.2) is 0 Å². The average Bonchev–Trinajstić information content (AvgIpc) is 2.29. The molecule has 2 heteroatoms. The molecule has 1 aliphatic heterocycles. The predicted octanol–water partition coefficient (Wildman–Crippen LogP) is 2.66. The van der Waals surface area contributed by atoms with Crippen molar-refractivity contribution in [2.24, 2.45) is 5.41 Å². The van der Waals surface area contributed by atoms with Crippen molar-refractivity contribution >= 4 is 5.97 Å². The average molecular weight is 182 g/mol. The zero-order chi connectivity index (χ0) is 9.53. The van der Waals surface area contributed by atoms with Crippen LogP contribution in [0.5, 0.6) is 0 Å². The second-order valence-electron chi connectivity index (χ2n) is 5.35. The zero-order valence-corrected chi connectivity index (χ0v) is 8.56. The van der Waals surface area contributed by atoms with Crippen molar-refractivity contribution < 1.29 is 9.53 Å². The molecule has 13 heavy (non-hydrogen) atoms. The molecule has 0 N–H and O–H groups in total. The summed E-state index contributed by atoms with van der Waals surface area (Å²) in [6.45, 7) is 4.56. The quantitative estimate of drug-likeness (QED) is 0.538. The van der Waals surface area contributed by atoms with Crippen molar-refractivity contribution in [2.75, 3.05) is 0 Å². The number of carbonyl (C=O) groups excluding carboxylic acids is 1. The van der Waals surface area contributed by atoms with Crippen LogP contribution in [0.1, 0.15) is 52.4 Å². The first-order chi connectivity index (χ1) is 6.02. The minimum Gasteiger partial charge on any atom is -0.459 e. The minimum atomic E-state index is -0.0706. The fraction of sp³-hybridized carbons (Fsp3) is 0.909. The highest BCUT2D eigenvalue weighted by atomic mass is 16.6. The lowest BCUT2D eigenvalue weighted by Crippen LogP contribution is -2.38. The van der Waals surface area contributed by atoms with Gasteiger partial charge in [-0.2, -0.15) is 0 Å². The molecule has 2 aliphatic rings. The maximum absolute atomic E-state index is 11.1. The summed E-state index contributed by atoms with van der Waals surface area (Å²) in [5.41, 5.74) is 0.293. The maximum Gasteiger partial charge on any atom is 0.306 e. The lowest BCUT2D eigenvalue weighted by atomic mass is 9.69. The number of carbonyl (C=O) groups is 1. The van der Waals surface area contributed by atoms with Crippen molar-refractivity contribution in [1.29, 1.82) is 0 Å². The first kappa shape index (κ1) is 9.04. The molecule has 0 amide bonds. The van der Waals surface area contributed by atoms with Gasteiger partial charge < -0.3 is 4.74 Å². The van der Waals surface area contributed by atoms with Crippen LogP contribution < -0.4 is 0 Å². The van der Waals surface area contributed by atoms with Crippen molar-refractivity contribution in [3.8, 4) is 0 Å². The Morgan fingerprint density at radius 3 is 2.54 bits per heavy atom. The molecule has 1 saturated heterocycles. The standard InChI is InChI=1S/C11H18O2/c1-10(2)5-3-6-11(8-10)7-4-9(12)13-11/h3-8H2,1-2H3. The minimum absolute atomic E-state index is 0.0118. The van der Waals surface area contributed by atoms with Gasteiger partial charge in [0.15, 0.2) is 0 Å². The first-order valence-corrected chi connectivity index (χ1v) is 5.23. The highest BCUT2D eigenvalue weighted by Gasteiger charge is 2.46. The van der Waals surface area contributed by atoms with E-state index in [4.69, 9.17) is 4.74 Å². The Labute approximate surface area is 79.7 Å². The fourth-order valence-electron chi connectivity index (χ4n) is 2.91. The van der Waals surface area contributed by atoms with Gasteiger partial charge in [0.2, 0.25) is 0 Å². The molecule has 0 radical (unpaired) electrons. The topological polar surface area (TPSA) is 26.3 Å². The van der Waals surface area contributed by atoms with Gasteiger partial charge in [-0.1, -0.05) is 13.8 Å². The Hall–Kier alpha value is -0.530. The van der Waals surface area contributed by atoms with Gasteiger partial charge in [-0.15, -0.1) is 0 Å². The highest BCUT2D eigenvalue weighted by Crippen LogP contribution is 2.47. The zero-order valence-electron chi connectivity index (χ0n) is 8.56. The summed E-state index contributed by atoms with van der Waals surface area (Å²) in [6, 6.07) is 0. The third-order valence-corrected chi connectivity index (χ3v) is 3.40. The summed E-state index contributed by atoms with van der Waals surface area (Å²) in [6.07, 6.45) is 6.21. The van der Waals surface area contributed by atoms with Gasteiger partial charge in [-0.3, -0.25) is 4.79 Å². The molecule has 0 aromatic rings. The molecular weight excluding hydrogens is 164 g/mol. The normalized spacial score (nSPS) is 37.8. The van der Waals surface area contributed by atoms with Gasteiger partial charge >= 0.3 is 5.97 Å². The summed E-state index contributed by atoms with van der Waals surface area (Å²) >= 11 is 0. The third kappa shape index (κ3) is 1.72. The lowest BCUT2D eigenvalue weighted by molar-refractivity contribution is -0.153. The largest absolute Gasteiger partial charge is 0.459 e. The molecule has 74 valence electrons. The van der Waals surface area contributed by atoms with Crippen LogP contribution in [0.15, 0.2) is 0 Å². The van der Waals surface area contributed by atoms with Gasteiger partial charge in [0, 0.05) is 6.42 Å². The Balaban J connectivity index is 2.11. The van der Waals surface area contributed by atoms with Crippen LogP contribution in [0.25, 0.3) is 0 Å². The molecule has 1 saturated carbocycles. The van der Waals surface area contributed by atoms with Crippen LogP contribution in [0.3, 0.4) is 0 Å². The smallest absolute Gasteiger partial charge is 0.306 e. The van der Waals surface area contributed by atoms with E-state index < -0.39 is 0 Å². The highest BCUT2D eigenvalue weighted by molar-refractivity contribution is 5.72. The summed E-state index contributed by atoms with van der Waals surface area (Å²) in [5.74, 6) is 0.0118. The maximum atomic E-state index is 11.1. The number of esters is 1. The van der Waals surface area contributed by atoms with E-state index >= 15 is 0 Å². The van der Waals surface area contributed by atoms with Gasteiger partial charge in [-0.05, 0) is 37.5 Å². The molecule has 0 aromatic heterocycles. The Bertz CT molecular complexity index is 232. The Morgan fingerprint density at radius 1 is 1.23 bits per heavy atom. The third-order valence-electron chi connectivity index (χ3n) is 3.40. The lowest BCUT2D eigenvalue weighted by Gasteiger charge is -2.41. The van der Waals surface area contributed by atoms with Crippen molar-refractivity contribution in [1.82, 2.24) is 0 Å². The van der Waals surface area contributed by atoms with E-state index in [0.29, 0.717) is 11.8 Å². The van der Waals surface area contributed by atoms with Gasteiger partial charge in [0.05, 0.1) is 0 Å². The van der Waals surface area contributed by atoms with Crippen LogP contribution in [0.4, 0.5) is 0 Å². The van der Waals surface area contributed by atoms with E-state index in [1.165, 1.54) is 12.8 Å². The molecule has 1 heterocycles. The molecule has 1 unspecified atom stereocenters. The molecular formula is C11H18O2.